The van der Waals surface area contributed by atoms with Crippen molar-refractivity contribution in [3.63, 3.8) is 0 Å². The van der Waals surface area contributed by atoms with E-state index in [2.05, 4.69) is 0 Å². The van der Waals surface area contributed by atoms with Crippen LogP contribution in [0.3, 0.4) is 0 Å². The first-order valence-electron chi connectivity index (χ1n) is 7.28. The number of rotatable bonds is 6. The van der Waals surface area contributed by atoms with Crippen LogP contribution in [0.4, 0.5) is 0 Å². The summed E-state index contributed by atoms with van der Waals surface area (Å²) in [6, 6.07) is 13.0. The van der Waals surface area contributed by atoms with E-state index in [9.17, 15) is 4.79 Å². The van der Waals surface area contributed by atoms with Gasteiger partial charge in [-0.05, 0) is 34.2 Å². The Labute approximate surface area is 140 Å². The van der Waals surface area contributed by atoms with Crippen LogP contribution in [0.5, 0.6) is 0 Å². The maximum absolute atomic E-state index is 11.8. The SMILES string of the molecule is O=C(/C=C/c1ccc(B(O)O)cc1)/C=C/c1ccc(B(O)O)cc1. The summed E-state index contributed by atoms with van der Waals surface area (Å²) in [5, 5.41) is 36.0. The predicted octanol–water partition coefficient (Wildman–Crippen LogP) is -0.658. The first-order valence-corrected chi connectivity index (χ1v) is 7.28. The lowest BCUT2D eigenvalue weighted by molar-refractivity contribution is -0.110. The van der Waals surface area contributed by atoms with Gasteiger partial charge < -0.3 is 20.1 Å². The van der Waals surface area contributed by atoms with Gasteiger partial charge in [0.2, 0.25) is 0 Å². The van der Waals surface area contributed by atoms with Crippen molar-refractivity contribution in [1.82, 2.24) is 0 Å². The normalized spacial score (nSPS) is 11.2. The standard InChI is InChI=1S/C17H16B2O5/c20-17(11-5-13-1-7-15(8-2-13)18(21)22)12-6-14-3-9-16(10-4-14)19(23)24/h1-12,21-24H/b11-5+,12-6+. The molecule has 0 aliphatic rings. The van der Waals surface area contributed by atoms with Crippen molar-refractivity contribution >= 4 is 43.1 Å². The Morgan fingerprint density at radius 2 is 1.00 bits per heavy atom. The Morgan fingerprint density at radius 1 is 0.667 bits per heavy atom. The molecular weight excluding hydrogens is 306 g/mol. The van der Waals surface area contributed by atoms with E-state index in [4.69, 9.17) is 20.1 Å². The molecule has 4 N–H and O–H groups in total. The zero-order valence-corrected chi connectivity index (χ0v) is 12.8. The second kappa shape index (κ2) is 8.42. The molecular formula is C17H16B2O5. The Hall–Kier alpha value is -2.44. The molecule has 120 valence electrons. The number of hydrogen-bond donors (Lipinski definition) is 4. The van der Waals surface area contributed by atoms with Crippen molar-refractivity contribution in [3.8, 4) is 0 Å². The van der Waals surface area contributed by atoms with Gasteiger partial charge >= 0.3 is 14.2 Å². The molecule has 2 aromatic carbocycles. The van der Waals surface area contributed by atoms with Gasteiger partial charge in [0.15, 0.2) is 5.78 Å². The quantitative estimate of drug-likeness (QED) is 0.418. The molecule has 0 heterocycles. The zero-order valence-electron chi connectivity index (χ0n) is 12.8. The number of ketones is 1. The minimum absolute atomic E-state index is 0.201. The smallest absolute Gasteiger partial charge is 0.423 e. The van der Waals surface area contributed by atoms with Crippen molar-refractivity contribution in [2.24, 2.45) is 0 Å². The van der Waals surface area contributed by atoms with Gasteiger partial charge in [-0.15, -0.1) is 0 Å². The van der Waals surface area contributed by atoms with E-state index >= 15 is 0 Å². The second-order valence-corrected chi connectivity index (χ2v) is 5.15. The largest absolute Gasteiger partial charge is 0.488 e. The van der Waals surface area contributed by atoms with Gasteiger partial charge in [-0.1, -0.05) is 60.7 Å². The highest BCUT2D eigenvalue weighted by atomic mass is 16.4. The van der Waals surface area contributed by atoms with E-state index in [1.807, 2.05) is 0 Å². The maximum Gasteiger partial charge on any atom is 0.488 e. The second-order valence-electron chi connectivity index (χ2n) is 5.15. The fourth-order valence-corrected chi connectivity index (χ4v) is 1.97. The molecule has 0 aliphatic heterocycles. The molecule has 2 rings (SSSR count). The van der Waals surface area contributed by atoms with E-state index in [1.54, 1.807) is 60.7 Å². The van der Waals surface area contributed by atoms with Gasteiger partial charge in [-0.2, -0.15) is 0 Å². The number of carbonyl (C=O) groups is 1. The summed E-state index contributed by atoms with van der Waals surface area (Å²) in [6.45, 7) is 0. The van der Waals surface area contributed by atoms with Crippen LogP contribution >= 0.6 is 0 Å². The Kier molecular flexibility index (Phi) is 6.28. The number of hydrogen-bond acceptors (Lipinski definition) is 5. The average molecular weight is 322 g/mol. The minimum atomic E-state index is -1.51. The maximum atomic E-state index is 11.8. The summed E-state index contributed by atoms with van der Waals surface area (Å²) >= 11 is 0. The fourth-order valence-electron chi connectivity index (χ4n) is 1.97. The molecule has 0 radical (unpaired) electrons. The van der Waals surface area contributed by atoms with Crippen molar-refractivity contribution in [1.29, 1.82) is 0 Å². The van der Waals surface area contributed by atoms with Crippen LogP contribution in [-0.4, -0.2) is 40.1 Å². The predicted molar refractivity (Wildman–Crippen MR) is 95.6 cm³/mol. The Bertz CT molecular complexity index is 671. The van der Waals surface area contributed by atoms with Crippen LogP contribution in [0.25, 0.3) is 12.2 Å². The molecule has 0 spiro atoms. The summed E-state index contributed by atoms with van der Waals surface area (Å²) in [5.41, 5.74) is 2.30. The molecule has 0 saturated carbocycles. The number of allylic oxidation sites excluding steroid dienone is 2. The number of benzene rings is 2. The summed E-state index contributed by atoms with van der Waals surface area (Å²) in [4.78, 5) is 11.8. The van der Waals surface area contributed by atoms with Gasteiger partial charge in [0.25, 0.3) is 0 Å². The third-order valence-electron chi connectivity index (χ3n) is 3.35. The van der Waals surface area contributed by atoms with Crippen LogP contribution in [0.1, 0.15) is 11.1 Å². The van der Waals surface area contributed by atoms with E-state index in [1.165, 1.54) is 12.2 Å². The first kappa shape index (κ1) is 17.9. The van der Waals surface area contributed by atoms with Crippen molar-refractivity contribution in [2.75, 3.05) is 0 Å². The van der Waals surface area contributed by atoms with Gasteiger partial charge in [0.05, 0.1) is 0 Å². The van der Waals surface area contributed by atoms with E-state index < -0.39 is 14.2 Å². The molecule has 0 aliphatic carbocycles. The van der Waals surface area contributed by atoms with Crippen LogP contribution < -0.4 is 10.9 Å². The Balaban J connectivity index is 1.96. The lowest BCUT2D eigenvalue weighted by Gasteiger charge is -1.99. The zero-order chi connectivity index (χ0) is 17.5. The fraction of sp³-hybridized carbons (Fsp3) is 0. The molecule has 0 unspecified atom stereocenters. The highest BCUT2D eigenvalue weighted by molar-refractivity contribution is 6.58. The lowest BCUT2D eigenvalue weighted by atomic mass is 9.80. The van der Waals surface area contributed by atoms with Crippen LogP contribution in [0.15, 0.2) is 60.7 Å². The van der Waals surface area contributed by atoms with Crippen molar-refractivity contribution in [3.05, 3.63) is 71.8 Å². The van der Waals surface area contributed by atoms with E-state index in [0.29, 0.717) is 10.9 Å². The molecule has 2 aromatic rings. The Morgan fingerprint density at radius 3 is 1.29 bits per heavy atom. The van der Waals surface area contributed by atoms with Crippen LogP contribution in [0, 0.1) is 0 Å². The molecule has 0 fully saturated rings. The lowest BCUT2D eigenvalue weighted by Crippen LogP contribution is -2.29. The van der Waals surface area contributed by atoms with Gasteiger partial charge in [0.1, 0.15) is 0 Å². The monoisotopic (exact) mass is 322 g/mol. The summed E-state index contributed by atoms with van der Waals surface area (Å²) < 4.78 is 0. The molecule has 0 aromatic heterocycles. The van der Waals surface area contributed by atoms with Crippen molar-refractivity contribution < 1.29 is 24.9 Å². The van der Waals surface area contributed by atoms with Gasteiger partial charge in [-0.3, -0.25) is 4.79 Å². The summed E-state index contributed by atoms with van der Waals surface area (Å²) in [6.07, 6.45) is 6.08. The minimum Gasteiger partial charge on any atom is -0.423 e. The van der Waals surface area contributed by atoms with Gasteiger partial charge in [0, 0.05) is 0 Å². The molecule has 0 amide bonds. The number of carbonyl (C=O) groups excluding carboxylic acids is 1. The molecule has 7 heteroatoms. The van der Waals surface area contributed by atoms with Crippen LogP contribution in [0.2, 0.25) is 0 Å². The topological polar surface area (TPSA) is 98.0 Å². The summed E-state index contributed by atoms with van der Waals surface area (Å²) in [5.74, 6) is -0.201. The molecule has 0 bridgehead atoms. The third kappa shape index (κ3) is 5.33. The third-order valence-corrected chi connectivity index (χ3v) is 3.35. The molecule has 24 heavy (non-hydrogen) atoms. The van der Waals surface area contributed by atoms with Crippen LogP contribution in [-0.2, 0) is 4.79 Å². The molecule has 5 nitrogen and oxygen atoms in total. The van der Waals surface area contributed by atoms with E-state index in [-0.39, 0.29) is 5.78 Å². The summed E-state index contributed by atoms with van der Waals surface area (Å²) in [7, 11) is -3.02. The first-order chi connectivity index (χ1) is 11.5. The highest BCUT2D eigenvalue weighted by Crippen LogP contribution is 2.03. The molecule has 0 atom stereocenters. The highest BCUT2D eigenvalue weighted by Gasteiger charge is 2.09. The van der Waals surface area contributed by atoms with Crippen molar-refractivity contribution in [2.45, 2.75) is 0 Å². The van der Waals surface area contributed by atoms with Gasteiger partial charge in [-0.25, -0.2) is 0 Å². The molecule has 0 saturated heterocycles. The van der Waals surface area contributed by atoms with E-state index in [0.717, 1.165) is 11.1 Å². The average Bonchev–Trinajstić information content (AvgIpc) is 2.58.